The Bertz CT molecular complexity index is 965. The molecule has 3 N–H and O–H groups in total. The van der Waals surface area contributed by atoms with E-state index in [9.17, 15) is 19.2 Å². The van der Waals surface area contributed by atoms with Gasteiger partial charge in [0.2, 0.25) is 5.91 Å². The van der Waals surface area contributed by atoms with E-state index in [-0.39, 0.29) is 6.54 Å². The van der Waals surface area contributed by atoms with Crippen molar-refractivity contribution in [2.45, 2.75) is 33.3 Å². The molecule has 0 aliphatic heterocycles. The van der Waals surface area contributed by atoms with Crippen LogP contribution in [-0.4, -0.2) is 42.1 Å². The first-order chi connectivity index (χ1) is 13.2. The highest BCUT2D eigenvalue weighted by Gasteiger charge is 2.18. The van der Waals surface area contributed by atoms with Gasteiger partial charge in [0.1, 0.15) is 17.9 Å². The zero-order valence-corrected chi connectivity index (χ0v) is 15.8. The number of aliphatic carboxylic acids is 1. The molecule has 9 nitrogen and oxygen atoms in total. The molecule has 1 aromatic heterocycles. The summed E-state index contributed by atoms with van der Waals surface area (Å²) in [7, 11) is 0. The zero-order valence-electron chi connectivity index (χ0n) is 15.8. The summed E-state index contributed by atoms with van der Waals surface area (Å²) in [4.78, 5) is 45.7. The standard InChI is InChI=1S/C19H22N2O7/c1-4-12-7-17(25)28-18-10(2)14(6-5-13(12)18)27-11(3)19(26)21-8-15(22)20-9-16(23)24/h5-7,11H,4,8-9H2,1-3H3,(H,20,22)(H,21,26)(H,23,24)/t11-/m0/s1. The first-order valence-electron chi connectivity index (χ1n) is 8.72. The number of amides is 2. The fourth-order valence-electron chi connectivity index (χ4n) is 2.62. The molecule has 2 aromatic rings. The Morgan fingerprint density at radius 1 is 1.21 bits per heavy atom. The molecule has 0 radical (unpaired) electrons. The van der Waals surface area contributed by atoms with Crippen molar-refractivity contribution < 1.29 is 28.6 Å². The smallest absolute Gasteiger partial charge is 0.336 e. The number of rotatable bonds is 8. The monoisotopic (exact) mass is 390 g/mol. The van der Waals surface area contributed by atoms with E-state index >= 15 is 0 Å². The van der Waals surface area contributed by atoms with Gasteiger partial charge in [0.25, 0.3) is 5.91 Å². The molecule has 1 aromatic carbocycles. The number of nitrogens with one attached hydrogen (secondary N) is 2. The molecule has 2 rings (SSSR count). The fourth-order valence-corrected chi connectivity index (χ4v) is 2.62. The maximum atomic E-state index is 12.1. The Morgan fingerprint density at radius 2 is 1.93 bits per heavy atom. The first kappa shape index (κ1) is 20.9. The van der Waals surface area contributed by atoms with Gasteiger partial charge in [0.05, 0.1) is 6.54 Å². The highest BCUT2D eigenvalue weighted by atomic mass is 16.5. The fraction of sp³-hybridized carbons (Fsp3) is 0.368. The maximum Gasteiger partial charge on any atom is 0.336 e. The predicted octanol–water partition coefficient (Wildman–Crippen LogP) is 0.748. The van der Waals surface area contributed by atoms with E-state index in [1.54, 1.807) is 19.1 Å². The number of ether oxygens (including phenoxy) is 1. The minimum Gasteiger partial charge on any atom is -0.480 e. The van der Waals surface area contributed by atoms with E-state index in [1.807, 2.05) is 6.92 Å². The summed E-state index contributed by atoms with van der Waals surface area (Å²) in [6.07, 6.45) is -0.255. The molecule has 0 saturated carbocycles. The van der Waals surface area contributed by atoms with E-state index < -0.39 is 36.1 Å². The van der Waals surface area contributed by atoms with Crippen LogP contribution >= 0.6 is 0 Å². The number of fused-ring (bicyclic) bond motifs is 1. The average Bonchev–Trinajstić information content (AvgIpc) is 2.66. The van der Waals surface area contributed by atoms with Gasteiger partial charge in [-0.2, -0.15) is 0 Å². The quantitative estimate of drug-likeness (QED) is 0.566. The summed E-state index contributed by atoms with van der Waals surface area (Å²) in [5, 5.41) is 13.8. The van der Waals surface area contributed by atoms with Crippen LogP contribution in [0.4, 0.5) is 0 Å². The van der Waals surface area contributed by atoms with Crippen molar-refractivity contribution >= 4 is 28.8 Å². The van der Waals surface area contributed by atoms with Crippen molar-refractivity contribution in [1.82, 2.24) is 10.6 Å². The molecule has 1 heterocycles. The lowest BCUT2D eigenvalue weighted by Crippen LogP contribution is -2.43. The van der Waals surface area contributed by atoms with Crippen molar-refractivity contribution in [3.05, 3.63) is 39.7 Å². The summed E-state index contributed by atoms with van der Waals surface area (Å²) >= 11 is 0. The molecule has 150 valence electrons. The van der Waals surface area contributed by atoms with Crippen molar-refractivity contribution in [2.24, 2.45) is 0 Å². The van der Waals surface area contributed by atoms with Crippen molar-refractivity contribution in [3.63, 3.8) is 0 Å². The highest BCUT2D eigenvalue weighted by molar-refractivity contribution is 5.88. The summed E-state index contributed by atoms with van der Waals surface area (Å²) in [6.45, 7) is 4.27. The van der Waals surface area contributed by atoms with Crippen molar-refractivity contribution in [1.29, 1.82) is 0 Å². The molecular formula is C19H22N2O7. The molecule has 0 aliphatic rings. The molecule has 0 unspecified atom stereocenters. The third-order valence-electron chi connectivity index (χ3n) is 4.11. The van der Waals surface area contributed by atoms with E-state index in [0.717, 1.165) is 10.9 Å². The molecule has 9 heteroatoms. The molecule has 1 atom stereocenters. The minimum atomic E-state index is -1.18. The number of hydrogen-bond acceptors (Lipinski definition) is 6. The third kappa shape index (κ3) is 5.09. The molecule has 0 aliphatic carbocycles. The molecular weight excluding hydrogens is 368 g/mol. The molecule has 0 bridgehead atoms. The van der Waals surface area contributed by atoms with E-state index in [1.165, 1.54) is 13.0 Å². The second-order valence-electron chi connectivity index (χ2n) is 6.16. The molecule has 2 amide bonds. The van der Waals surface area contributed by atoms with Gasteiger partial charge in [0, 0.05) is 17.0 Å². The highest BCUT2D eigenvalue weighted by Crippen LogP contribution is 2.29. The number of aryl methyl sites for hydroxylation is 2. The SMILES string of the molecule is CCc1cc(=O)oc2c(C)c(O[C@@H](C)C(=O)NCC(=O)NCC(=O)O)ccc12. The molecule has 0 spiro atoms. The Kier molecular flexibility index (Phi) is 6.75. The van der Waals surface area contributed by atoms with Crippen LogP contribution in [0.25, 0.3) is 11.0 Å². The minimum absolute atomic E-state index is 0.370. The van der Waals surface area contributed by atoms with Crippen LogP contribution in [0.2, 0.25) is 0 Å². The van der Waals surface area contributed by atoms with Gasteiger partial charge in [0.15, 0.2) is 6.10 Å². The van der Waals surface area contributed by atoms with Crippen LogP contribution in [0.15, 0.2) is 27.4 Å². The summed E-state index contributed by atoms with van der Waals surface area (Å²) in [5.41, 5.74) is 1.40. The van der Waals surface area contributed by atoms with Crippen LogP contribution in [0.3, 0.4) is 0 Å². The largest absolute Gasteiger partial charge is 0.480 e. The third-order valence-corrected chi connectivity index (χ3v) is 4.11. The Morgan fingerprint density at radius 3 is 2.57 bits per heavy atom. The van der Waals surface area contributed by atoms with Crippen LogP contribution in [0.5, 0.6) is 5.75 Å². The number of benzene rings is 1. The summed E-state index contributed by atoms with van der Waals surface area (Å²) in [6, 6.07) is 4.91. The summed E-state index contributed by atoms with van der Waals surface area (Å²) < 4.78 is 11.0. The molecule has 0 fully saturated rings. The van der Waals surface area contributed by atoms with Crippen LogP contribution in [-0.2, 0) is 20.8 Å². The lowest BCUT2D eigenvalue weighted by atomic mass is 10.0. The van der Waals surface area contributed by atoms with Gasteiger partial charge in [-0.25, -0.2) is 4.79 Å². The predicted molar refractivity (Wildman–Crippen MR) is 100 cm³/mol. The van der Waals surface area contributed by atoms with E-state index in [2.05, 4.69) is 10.6 Å². The van der Waals surface area contributed by atoms with Gasteiger partial charge in [-0.3, -0.25) is 14.4 Å². The Hall–Kier alpha value is -3.36. The second-order valence-corrected chi connectivity index (χ2v) is 6.16. The number of carbonyl (C=O) groups excluding carboxylic acids is 2. The summed E-state index contributed by atoms with van der Waals surface area (Å²) in [5.74, 6) is -1.98. The molecule has 0 saturated heterocycles. The van der Waals surface area contributed by atoms with E-state index in [4.69, 9.17) is 14.3 Å². The number of hydrogen-bond donors (Lipinski definition) is 3. The van der Waals surface area contributed by atoms with Crippen LogP contribution < -0.4 is 21.0 Å². The number of carbonyl (C=O) groups is 3. The average molecular weight is 390 g/mol. The van der Waals surface area contributed by atoms with Gasteiger partial charge in [-0.15, -0.1) is 0 Å². The number of carboxylic acids is 1. The van der Waals surface area contributed by atoms with Gasteiger partial charge in [-0.1, -0.05) is 6.92 Å². The lowest BCUT2D eigenvalue weighted by Gasteiger charge is -2.17. The maximum absolute atomic E-state index is 12.1. The zero-order chi connectivity index (χ0) is 20.8. The Balaban J connectivity index is 2.08. The topological polar surface area (TPSA) is 135 Å². The number of carboxylic acid groups (broad SMARTS) is 1. The van der Waals surface area contributed by atoms with E-state index in [0.29, 0.717) is 23.3 Å². The second kappa shape index (κ2) is 9.03. The van der Waals surface area contributed by atoms with Gasteiger partial charge >= 0.3 is 11.6 Å². The normalized spacial score (nSPS) is 11.7. The lowest BCUT2D eigenvalue weighted by molar-refractivity contribution is -0.137. The van der Waals surface area contributed by atoms with Gasteiger partial charge < -0.3 is 24.9 Å². The van der Waals surface area contributed by atoms with Crippen molar-refractivity contribution in [2.75, 3.05) is 13.1 Å². The molecule has 28 heavy (non-hydrogen) atoms. The first-order valence-corrected chi connectivity index (χ1v) is 8.72. The van der Waals surface area contributed by atoms with Gasteiger partial charge in [-0.05, 0) is 38.0 Å². The Labute approximate surface area is 160 Å². The van der Waals surface area contributed by atoms with Crippen LogP contribution in [0.1, 0.15) is 25.0 Å². The van der Waals surface area contributed by atoms with Crippen LogP contribution in [0, 0.1) is 6.92 Å². The van der Waals surface area contributed by atoms with Crippen molar-refractivity contribution in [3.8, 4) is 5.75 Å².